The number of aromatic nitrogens is 2. The van der Waals surface area contributed by atoms with Crippen molar-refractivity contribution in [3.05, 3.63) is 75.8 Å². The molecule has 8 heteroatoms. The molecular weight excluding hydrogens is 400 g/mol. The van der Waals surface area contributed by atoms with Gasteiger partial charge < -0.3 is 4.90 Å². The third-order valence-corrected chi connectivity index (χ3v) is 7.62. The standard InChI is InChI=1S/C22H26N4O3S/c1-17-6-8-19(9-7-17)30(28,29)25-15-13-24(14-16-25)12-10-20-18(2)23-21-5-3-4-11-26(21)22(20)27/h3-9,11H,10,12-16H2,1-2H3. The Balaban J connectivity index is 1.41. The van der Waals surface area contributed by atoms with Crippen molar-refractivity contribution >= 4 is 15.7 Å². The normalized spacial score (nSPS) is 16.2. The van der Waals surface area contributed by atoms with E-state index >= 15 is 0 Å². The van der Waals surface area contributed by atoms with Crippen molar-refractivity contribution in [1.29, 1.82) is 0 Å². The maximum Gasteiger partial charge on any atom is 0.261 e. The van der Waals surface area contributed by atoms with Crippen molar-refractivity contribution in [2.24, 2.45) is 0 Å². The van der Waals surface area contributed by atoms with Gasteiger partial charge in [-0.2, -0.15) is 4.31 Å². The van der Waals surface area contributed by atoms with E-state index in [1.54, 1.807) is 27.0 Å². The molecule has 2 aromatic heterocycles. The molecule has 1 fully saturated rings. The van der Waals surface area contributed by atoms with Crippen LogP contribution in [0.25, 0.3) is 5.65 Å². The predicted octanol–water partition coefficient (Wildman–Crippen LogP) is 1.86. The first-order valence-electron chi connectivity index (χ1n) is 10.1. The molecule has 4 rings (SSSR count). The molecule has 0 atom stereocenters. The Bertz CT molecular complexity index is 1210. The highest BCUT2D eigenvalue weighted by molar-refractivity contribution is 7.89. The number of hydrogen-bond donors (Lipinski definition) is 0. The van der Waals surface area contributed by atoms with Gasteiger partial charge in [0.1, 0.15) is 5.65 Å². The number of pyridine rings is 1. The van der Waals surface area contributed by atoms with E-state index in [4.69, 9.17) is 0 Å². The van der Waals surface area contributed by atoms with Crippen LogP contribution in [0.3, 0.4) is 0 Å². The number of hydrogen-bond acceptors (Lipinski definition) is 5. The lowest BCUT2D eigenvalue weighted by molar-refractivity contribution is 0.190. The fraction of sp³-hybridized carbons (Fsp3) is 0.364. The van der Waals surface area contributed by atoms with Gasteiger partial charge in [-0.3, -0.25) is 9.20 Å². The van der Waals surface area contributed by atoms with Gasteiger partial charge in [0.05, 0.1) is 4.90 Å². The fourth-order valence-electron chi connectivity index (χ4n) is 3.85. The number of benzene rings is 1. The largest absolute Gasteiger partial charge is 0.300 e. The topological polar surface area (TPSA) is 75.0 Å². The zero-order valence-corrected chi connectivity index (χ0v) is 18.1. The second-order valence-corrected chi connectivity index (χ2v) is 9.66. The Hall–Kier alpha value is -2.55. The van der Waals surface area contributed by atoms with E-state index in [0.717, 1.165) is 11.3 Å². The molecular formula is C22H26N4O3S. The van der Waals surface area contributed by atoms with Gasteiger partial charge in [-0.15, -0.1) is 0 Å². The molecule has 0 radical (unpaired) electrons. The molecule has 0 saturated carbocycles. The molecule has 158 valence electrons. The smallest absolute Gasteiger partial charge is 0.261 e. The van der Waals surface area contributed by atoms with Gasteiger partial charge in [0, 0.05) is 50.2 Å². The lowest BCUT2D eigenvalue weighted by Crippen LogP contribution is -2.49. The second kappa shape index (κ2) is 8.29. The van der Waals surface area contributed by atoms with E-state index in [2.05, 4.69) is 9.88 Å². The molecule has 0 bridgehead atoms. The number of sulfonamides is 1. The van der Waals surface area contributed by atoms with Crippen LogP contribution in [0.15, 0.2) is 58.4 Å². The van der Waals surface area contributed by atoms with Crippen LogP contribution in [-0.2, 0) is 16.4 Å². The predicted molar refractivity (Wildman–Crippen MR) is 116 cm³/mol. The first-order valence-corrected chi connectivity index (χ1v) is 11.6. The fourth-order valence-corrected chi connectivity index (χ4v) is 5.27. The van der Waals surface area contributed by atoms with Crippen molar-refractivity contribution in [2.45, 2.75) is 25.2 Å². The van der Waals surface area contributed by atoms with Crippen LogP contribution in [0.2, 0.25) is 0 Å². The Kier molecular flexibility index (Phi) is 5.73. The minimum absolute atomic E-state index is 0.0290. The third kappa shape index (κ3) is 4.03. The Morgan fingerprint density at radius 2 is 1.67 bits per heavy atom. The van der Waals surface area contributed by atoms with Crippen LogP contribution < -0.4 is 5.56 Å². The maximum atomic E-state index is 12.9. The van der Waals surface area contributed by atoms with Crippen molar-refractivity contribution < 1.29 is 8.42 Å². The van der Waals surface area contributed by atoms with Gasteiger partial charge in [-0.25, -0.2) is 13.4 Å². The molecule has 0 aliphatic carbocycles. The zero-order chi connectivity index (χ0) is 21.3. The SMILES string of the molecule is Cc1ccc(S(=O)(=O)N2CCN(CCc3c(C)nc4ccccn4c3=O)CC2)cc1. The summed E-state index contributed by atoms with van der Waals surface area (Å²) >= 11 is 0. The van der Waals surface area contributed by atoms with Gasteiger partial charge in [0.25, 0.3) is 5.56 Å². The van der Waals surface area contributed by atoms with Crippen LogP contribution in [0.4, 0.5) is 0 Å². The molecule has 0 spiro atoms. The first kappa shape index (κ1) is 20.7. The Morgan fingerprint density at radius 3 is 2.37 bits per heavy atom. The van der Waals surface area contributed by atoms with Crippen molar-refractivity contribution in [2.75, 3.05) is 32.7 Å². The first-order chi connectivity index (χ1) is 14.4. The van der Waals surface area contributed by atoms with E-state index in [9.17, 15) is 13.2 Å². The molecule has 3 heterocycles. The van der Waals surface area contributed by atoms with E-state index in [1.807, 2.05) is 44.2 Å². The summed E-state index contributed by atoms with van der Waals surface area (Å²) in [7, 11) is -3.46. The second-order valence-electron chi connectivity index (χ2n) is 7.72. The minimum atomic E-state index is -3.46. The van der Waals surface area contributed by atoms with Crippen molar-refractivity contribution in [1.82, 2.24) is 18.6 Å². The highest BCUT2D eigenvalue weighted by atomic mass is 32.2. The summed E-state index contributed by atoms with van der Waals surface area (Å²) in [5, 5.41) is 0. The molecule has 1 aliphatic rings. The average molecular weight is 427 g/mol. The zero-order valence-electron chi connectivity index (χ0n) is 17.3. The molecule has 0 unspecified atom stereocenters. The van der Waals surface area contributed by atoms with Crippen LogP contribution in [0, 0.1) is 13.8 Å². The van der Waals surface area contributed by atoms with Crippen LogP contribution in [0.5, 0.6) is 0 Å². The summed E-state index contributed by atoms with van der Waals surface area (Å²) in [6.07, 6.45) is 2.34. The molecule has 1 saturated heterocycles. The molecule has 0 N–H and O–H groups in total. The lowest BCUT2D eigenvalue weighted by Gasteiger charge is -2.34. The molecule has 0 amide bonds. The number of aryl methyl sites for hydroxylation is 2. The van der Waals surface area contributed by atoms with Gasteiger partial charge >= 0.3 is 0 Å². The van der Waals surface area contributed by atoms with E-state index in [0.29, 0.717) is 55.3 Å². The summed E-state index contributed by atoms with van der Waals surface area (Å²) < 4.78 is 28.8. The summed E-state index contributed by atoms with van der Waals surface area (Å²) in [5.74, 6) is 0. The number of piperazine rings is 1. The molecule has 1 aromatic carbocycles. The molecule has 7 nitrogen and oxygen atoms in total. The molecule has 1 aliphatic heterocycles. The monoisotopic (exact) mass is 426 g/mol. The van der Waals surface area contributed by atoms with Gasteiger partial charge in [-0.05, 0) is 44.5 Å². The molecule has 3 aromatic rings. The van der Waals surface area contributed by atoms with Crippen LogP contribution in [0.1, 0.15) is 16.8 Å². The average Bonchev–Trinajstić information content (AvgIpc) is 2.74. The number of rotatable bonds is 5. The van der Waals surface area contributed by atoms with Crippen LogP contribution >= 0.6 is 0 Å². The highest BCUT2D eigenvalue weighted by Gasteiger charge is 2.28. The van der Waals surface area contributed by atoms with E-state index in [-0.39, 0.29) is 5.56 Å². The van der Waals surface area contributed by atoms with Crippen LogP contribution in [-0.4, -0.2) is 59.7 Å². The lowest BCUT2D eigenvalue weighted by atomic mass is 10.1. The Labute approximate surface area is 176 Å². The highest BCUT2D eigenvalue weighted by Crippen LogP contribution is 2.18. The summed E-state index contributed by atoms with van der Waals surface area (Å²) in [6.45, 7) is 6.70. The van der Waals surface area contributed by atoms with E-state index < -0.39 is 10.0 Å². The molecule has 30 heavy (non-hydrogen) atoms. The Morgan fingerprint density at radius 1 is 0.967 bits per heavy atom. The summed E-state index contributed by atoms with van der Waals surface area (Å²) in [4.78, 5) is 19.9. The van der Waals surface area contributed by atoms with E-state index in [1.165, 1.54) is 0 Å². The maximum absolute atomic E-state index is 12.9. The van der Waals surface area contributed by atoms with Gasteiger partial charge in [-0.1, -0.05) is 23.8 Å². The summed E-state index contributed by atoms with van der Waals surface area (Å²) in [5.41, 5.74) is 3.13. The van der Waals surface area contributed by atoms with Gasteiger partial charge in [0.2, 0.25) is 10.0 Å². The van der Waals surface area contributed by atoms with Gasteiger partial charge in [0.15, 0.2) is 0 Å². The number of fused-ring (bicyclic) bond motifs is 1. The summed E-state index contributed by atoms with van der Waals surface area (Å²) in [6, 6.07) is 12.5. The minimum Gasteiger partial charge on any atom is -0.300 e. The third-order valence-electron chi connectivity index (χ3n) is 5.70. The van der Waals surface area contributed by atoms with Crippen molar-refractivity contribution in [3.63, 3.8) is 0 Å². The van der Waals surface area contributed by atoms with Crippen molar-refractivity contribution in [3.8, 4) is 0 Å². The quantitative estimate of drug-likeness (QED) is 0.623. The number of nitrogens with zero attached hydrogens (tertiary/aromatic N) is 4.